The Kier molecular flexibility index (Phi) is 4.64. The van der Waals surface area contributed by atoms with Crippen molar-refractivity contribution in [2.75, 3.05) is 6.54 Å². The number of hydrogen-bond acceptors (Lipinski definition) is 2. The molecule has 0 bridgehead atoms. The fraction of sp³-hybridized carbons (Fsp3) is 0.500. The predicted octanol–water partition coefficient (Wildman–Crippen LogP) is 2.77. The Bertz CT molecular complexity index is 244. The van der Waals surface area contributed by atoms with Crippen molar-refractivity contribution in [3.8, 4) is 0 Å². The molecular formula is C12H22N2. The van der Waals surface area contributed by atoms with Gasteiger partial charge in [0.25, 0.3) is 0 Å². The zero-order valence-electron chi connectivity index (χ0n) is 9.83. The van der Waals surface area contributed by atoms with Crippen LogP contribution in [0.5, 0.6) is 0 Å². The average molecular weight is 194 g/mol. The molecule has 0 spiro atoms. The van der Waals surface area contributed by atoms with Crippen molar-refractivity contribution in [1.29, 1.82) is 0 Å². The Morgan fingerprint density at radius 2 is 1.64 bits per heavy atom. The van der Waals surface area contributed by atoms with Crippen LogP contribution in [0.1, 0.15) is 27.7 Å². The Balaban J connectivity index is 3.87. The zero-order chi connectivity index (χ0) is 11.4. The largest absolute Gasteiger partial charge is 0.321 e. The van der Waals surface area contributed by atoms with Crippen molar-refractivity contribution < 1.29 is 0 Å². The Labute approximate surface area is 87.8 Å². The quantitative estimate of drug-likeness (QED) is 0.519. The van der Waals surface area contributed by atoms with Crippen molar-refractivity contribution in [2.45, 2.75) is 27.7 Å². The van der Waals surface area contributed by atoms with Crippen LogP contribution >= 0.6 is 0 Å². The summed E-state index contributed by atoms with van der Waals surface area (Å²) in [4.78, 5) is 0. The van der Waals surface area contributed by atoms with Crippen LogP contribution in [0.2, 0.25) is 0 Å². The van der Waals surface area contributed by atoms with Gasteiger partial charge in [-0.15, -0.1) is 0 Å². The maximum atomic E-state index is 3.87. The molecule has 0 fully saturated rings. The van der Waals surface area contributed by atoms with Gasteiger partial charge in [-0.2, -0.15) is 0 Å². The van der Waals surface area contributed by atoms with Crippen molar-refractivity contribution in [3.05, 3.63) is 36.6 Å². The minimum Gasteiger partial charge on any atom is -0.321 e. The number of nitrogens with one attached hydrogen (secondary N) is 2. The fourth-order valence-corrected chi connectivity index (χ4v) is 0.749. The Morgan fingerprint density at radius 1 is 1.14 bits per heavy atom. The third-order valence-corrected chi connectivity index (χ3v) is 1.74. The van der Waals surface area contributed by atoms with Crippen LogP contribution in [0, 0.1) is 5.41 Å². The SMILES string of the molecule is C=C(C)C(=C)C(=C)NNCC(C)(C)C. The molecule has 14 heavy (non-hydrogen) atoms. The molecule has 0 atom stereocenters. The molecule has 0 radical (unpaired) electrons. The minimum absolute atomic E-state index is 0.248. The summed E-state index contributed by atoms with van der Waals surface area (Å²) in [5.41, 5.74) is 8.94. The van der Waals surface area contributed by atoms with E-state index in [4.69, 9.17) is 0 Å². The van der Waals surface area contributed by atoms with E-state index < -0.39 is 0 Å². The highest BCUT2D eigenvalue weighted by Gasteiger charge is 2.09. The minimum atomic E-state index is 0.248. The van der Waals surface area contributed by atoms with Crippen LogP contribution < -0.4 is 10.9 Å². The molecule has 0 amide bonds. The molecule has 2 nitrogen and oxygen atoms in total. The maximum absolute atomic E-state index is 3.87. The van der Waals surface area contributed by atoms with Crippen LogP contribution in [-0.2, 0) is 0 Å². The lowest BCUT2D eigenvalue weighted by molar-refractivity contribution is 0.363. The van der Waals surface area contributed by atoms with Gasteiger partial charge < -0.3 is 5.43 Å². The van der Waals surface area contributed by atoms with E-state index in [0.717, 1.165) is 23.4 Å². The van der Waals surface area contributed by atoms with Crippen LogP contribution in [0.4, 0.5) is 0 Å². The third kappa shape index (κ3) is 5.60. The summed E-state index contributed by atoms with van der Waals surface area (Å²) >= 11 is 0. The van der Waals surface area contributed by atoms with Crippen LogP contribution in [0.15, 0.2) is 36.6 Å². The van der Waals surface area contributed by atoms with Gasteiger partial charge >= 0.3 is 0 Å². The highest BCUT2D eigenvalue weighted by atomic mass is 15.4. The smallest absolute Gasteiger partial charge is 0.0484 e. The first kappa shape index (κ1) is 13.0. The van der Waals surface area contributed by atoms with Crippen molar-refractivity contribution in [2.24, 2.45) is 5.41 Å². The topological polar surface area (TPSA) is 24.1 Å². The van der Waals surface area contributed by atoms with Gasteiger partial charge in [-0.3, -0.25) is 0 Å². The van der Waals surface area contributed by atoms with E-state index in [0.29, 0.717) is 0 Å². The summed E-state index contributed by atoms with van der Waals surface area (Å²) in [7, 11) is 0. The van der Waals surface area contributed by atoms with Gasteiger partial charge in [0.1, 0.15) is 0 Å². The Hall–Kier alpha value is -1.02. The van der Waals surface area contributed by atoms with E-state index in [1.807, 2.05) is 6.92 Å². The second kappa shape index (κ2) is 5.01. The molecule has 0 heterocycles. The van der Waals surface area contributed by atoms with Crippen LogP contribution in [0.25, 0.3) is 0 Å². The van der Waals surface area contributed by atoms with E-state index in [9.17, 15) is 0 Å². The molecule has 0 saturated carbocycles. The van der Waals surface area contributed by atoms with Crippen LogP contribution in [0.3, 0.4) is 0 Å². The second-order valence-corrected chi connectivity index (χ2v) is 4.78. The lowest BCUT2D eigenvalue weighted by atomic mass is 9.97. The molecule has 0 aliphatic rings. The molecule has 0 saturated heterocycles. The van der Waals surface area contributed by atoms with Crippen molar-refractivity contribution in [3.63, 3.8) is 0 Å². The Morgan fingerprint density at radius 3 is 2.00 bits per heavy atom. The molecule has 2 N–H and O–H groups in total. The van der Waals surface area contributed by atoms with E-state index in [2.05, 4.69) is 51.4 Å². The summed E-state index contributed by atoms with van der Waals surface area (Å²) in [6.07, 6.45) is 0. The van der Waals surface area contributed by atoms with Gasteiger partial charge in [-0.1, -0.05) is 40.5 Å². The summed E-state index contributed by atoms with van der Waals surface area (Å²) in [5.74, 6) is 0. The van der Waals surface area contributed by atoms with Gasteiger partial charge in [0.2, 0.25) is 0 Å². The zero-order valence-corrected chi connectivity index (χ0v) is 9.83. The first-order chi connectivity index (χ1) is 6.24. The van der Waals surface area contributed by atoms with Gasteiger partial charge in [-0.25, -0.2) is 5.43 Å². The molecule has 0 aliphatic carbocycles. The van der Waals surface area contributed by atoms with E-state index in [1.165, 1.54) is 0 Å². The lowest BCUT2D eigenvalue weighted by Crippen LogP contribution is -2.37. The first-order valence-electron chi connectivity index (χ1n) is 4.77. The molecular weight excluding hydrogens is 172 g/mol. The first-order valence-corrected chi connectivity index (χ1v) is 4.77. The molecule has 0 aromatic heterocycles. The van der Waals surface area contributed by atoms with E-state index >= 15 is 0 Å². The maximum Gasteiger partial charge on any atom is 0.0484 e. The highest BCUT2D eigenvalue weighted by molar-refractivity contribution is 5.38. The molecule has 0 aromatic carbocycles. The molecule has 0 rings (SSSR count). The lowest BCUT2D eigenvalue weighted by Gasteiger charge is -2.21. The van der Waals surface area contributed by atoms with Gasteiger partial charge in [0.15, 0.2) is 0 Å². The van der Waals surface area contributed by atoms with E-state index in [1.54, 1.807) is 0 Å². The standard InChI is InChI=1S/C12H22N2/c1-9(2)10(3)11(4)14-13-8-12(5,6)7/h13-14H,1,3-4,8H2,2,5-7H3. The number of rotatable bonds is 5. The van der Waals surface area contributed by atoms with E-state index in [-0.39, 0.29) is 5.41 Å². The third-order valence-electron chi connectivity index (χ3n) is 1.74. The predicted molar refractivity (Wildman–Crippen MR) is 63.7 cm³/mol. The summed E-state index contributed by atoms with van der Waals surface area (Å²) < 4.78 is 0. The van der Waals surface area contributed by atoms with Crippen molar-refractivity contribution in [1.82, 2.24) is 10.9 Å². The summed E-state index contributed by atoms with van der Waals surface area (Å²) in [6.45, 7) is 20.8. The van der Waals surface area contributed by atoms with Gasteiger partial charge in [0.05, 0.1) is 0 Å². The molecule has 2 heteroatoms. The van der Waals surface area contributed by atoms with Crippen molar-refractivity contribution >= 4 is 0 Å². The average Bonchev–Trinajstić information content (AvgIpc) is 2.00. The van der Waals surface area contributed by atoms with Gasteiger partial charge in [-0.05, 0) is 23.5 Å². The summed E-state index contributed by atoms with van der Waals surface area (Å²) in [5, 5.41) is 0. The molecule has 80 valence electrons. The molecule has 0 aliphatic heterocycles. The monoisotopic (exact) mass is 194 g/mol. The molecule has 0 unspecified atom stereocenters. The number of allylic oxidation sites excluding steroid dienone is 1. The van der Waals surface area contributed by atoms with Crippen LogP contribution in [-0.4, -0.2) is 6.54 Å². The summed E-state index contributed by atoms with van der Waals surface area (Å²) in [6, 6.07) is 0. The number of hydrazine groups is 1. The normalized spacial score (nSPS) is 10.9. The number of hydrogen-bond donors (Lipinski definition) is 2. The fourth-order valence-electron chi connectivity index (χ4n) is 0.749. The molecule has 0 aromatic rings. The highest BCUT2D eigenvalue weighted by Crippen LogP contribution is 2.12. The van der Waals surface area contributed by atoms with Gasteiger partial charge in [0, 0.05) is 12.2 Å². The second-order valence-electron chi connectivity index (χ2n) is 4.78.